The van der Waals surface area contributed by atoms with Crippen molar-refractivity contribution in [2.45, 2.75) is 40.2 Å². The third-order valence-corrected chi connectivity index (χ3v) is 4.52. The minimum atomic E-state index is 0.320. The first-order valence-corrected chi connectivity index (χ1v) is 7.27. The third-order valence-electron chi connectivity index (χ3n) is 4.52. The standard InChI is InChI=1S/C15H28N4/c1-11-13(10-18(5)17-11)14(8-16)19-7-6-12(9-19)15(2,3)4/h10,12,14H,6-9,16H2,1-5H3. The van der Waals surface area contributed by atoms with Crippen molar-refractivity contribution in [1.82, 2.24) is 14.7 Å². The molecule has 2 N–H and O–H groups in total. The van der Waals surface area contributed by atoms with Crippen molar-refractivity contribution >= 4 is 0 Å². The highest BCUT2D eigenvalue weighted by Crippen LogP contribution is 2.37. The molecule has 108 valence electrons. The molecule has 2 heterocycles. The Labute approximate surface area is 117 Å². The van der Waals surface area contributed by atoms with E-state index >= 15 is 0 Å². The van der Waals surface area contributed by atoms with Crippen LogP contribution in [0.5, 0.6) is 0 Å². The first-order chi connectivity index (χ1) is 8.82. The fraction of sp³-hybridized carbons (Fsp3) is 0.800. The molecule has 0 aromatic carbocycles. The summed E-state index contributed by atoms with van der Waals surface area (Å²) in [5, 5.41) is 4.45. The number of rotatable bonds is 3. The van der Waals surface area contributed by atoms with Gasteiger partial charge in [-0.3, -0.25) is 9.58 Å². The van der Waals surface area contributed by atoms with Gasteiger partial charge in [-0.1, -0.05) is 20.8 Å². The van der Waals surface area contributed by atoms with E-state index < -0.39 is 0 Å². The van der Waals surface area contributed by atoms with Crippen molar-refractivity contribution in [1.29, 1.82) is 0 Å². The van der Waals surface area contributed by atoms with Gasteiger partial charge in [-0.05, 0) is 31.2 Å². The molecule has 0 amide bonds. The Hall–Kier alpha value is -0.870. The Morgan fingerprint density at radius 3 is 2.58 bits per heavy atom. The van der Waals surface area contributed by atoms with Gasteiger partial charge in [0.1, 0.15) is 0 Å². The van der Waals surface area contributed by atoms with Gasteiger partial charge >= 0.3 is 0 Å². The van der Waals surface area contributed by atoms with Gasteiger partial charge in [-0.25, -0.2) is 0 Å². The normalized spacial score (nSPS) is 22.9. The number of likely N-dealkylation sites (tertiary alicyclic amines) is 1. The van der Waals surface area contributed by atoms with Crippen LogP contribution < -0.4 is 5.73 Å². The summed E-state index contributed by atoms with van der Waals surface area (Å²) in [7, 11) is 1.98. The van der Waals surface area contributed by atoms with E-state index in [0.29, 0.717) is 18.0 Å². The van der Waals surface area contributed by atoms with E-state index in [1.807, 2.05) is 11.7 Å². The van der Waals surface area contributed by atoms with Crippen molar-refractivity contribution in [3.05, 3.63) is 17.5 Å². The van der Waals surface area contributed by atoms with Crippen LogP contribution in [0.1, 0.15) is 44.5 Å². The molecule has 0 radical (unpaired) electrons. The first kappa shape index (κ1) is 14.5. The Morgan fingerprint density at radius 2 is 2.16 bits per heavy atom. The first-order valence-electron chi connectivity index (χ1n) is 7.27. The fourth-order valence-corrected chi connectivity index (χ4v) is 3.20. The van der Waals surface area contributed by atoms with Crippen LogP contribution in [0.2, 0.25) is 0 Å². The summed E-state index contributed by atoms with van der Waals surface area (Å²) in [6.07, 6.45) is 3.40. The maximum atomic E-state index is 6.04. The van der Waals surface area contributed by atoms with Crippen LogP contribution in [-0.2, 0) is 7.05 Å². The quantitative estimate of drug-likeness (QED) is 0.909. The topological polar surface area (TPSA) is 47.1 Å². The van der Waals surface area contributed by atoms with Gasteiger partial charge < -0.3 is 5.73 Å². The van der Waals surface area contributed by atoms with Gasteiger partial charge in [0.15, 0.2) is 0 Å². The zero-order chi connectivity index (χ0) is 14.2. The Kier molecular flexibility index (Phi) is 4.02. The molecule has 1 aromatic heterocycles. The molecule has 1 aliphatic heterocycles. The second kappa shape index (κ2) is 5.25. The van der Waals surface area contributed by atoms with E-state index in [9.17, 15) is 0 Å². The highest BCUT2D eigenvalue weighted by atomic mass is 15.3. The smallest absolute Gasteiger partial charge is 0.0641 e. The molecule has 0 bridgehead atoms. The van der Waals surface area contributed by atoms with Crippen molar-refractivity contribution in [2.24, 2.45) is 24.1 Å². The molecule has 1 aliphatic rings. The van der Waals surface area contributed by atoms with E-state index in [1.165, 1.54) is 12.0 Å². The lowest BCUT2D eigenvalue weighted by Crippen LogP contribution is -2.33. The summed E-state index contributed by atoms with van der Waals surface area (Å²) in [5.41, 5.74) is 8.83. The monoisotopic (exact) mass is 264 g/mol. The van der Waals surface area contributed by atoms with Gasteiger partial charge in [0.25, 0.3) is 0 Å². The molecule has 1 saturated heterocycles. The van der Waals surface area contributed by atoms with E-state index in [1.54, 1.807) is 0 Å². The molecule has 2 atom stereocenters. The van der Waals surface area contributed by atoms with Crippen molar-refractivity contribution in [3.8, 4) is 0 Å². The van der Waals surface area contributed by atoms with E-state index in [4.69, 9.17) is 5.73 Å². The minimum Gasteiger partial charge on any atom is -0.329 e. The zero-order valence-electron chi connectivity index (χ0n) is 13.0. The van der Waals surface area contributed by atoms with Crippen LogP contribution in [0.15, 0.2) is 6.20 Å². The largest absolute Gasteiger partial charge is 0.329 e. The molecule has 4 nitrogen and oxygen atoms in total. The molecule has 19 heavy (non-hydrogen) atoms. The molecular formula is C15H28N4. The second-order valence-corrected chi connectivity index (χ2v) is 6.94. The zero-order valence-corrected chi connectivity index (χ0v) is 13.0. The number of aryl methyl sites for hydroxylation is 2. The number of nitrogens with two attached hydrogens (primary N) is 1. The maximum Gasteiger partial charge on any atom is 0.0641 e. The van der Waals surface area contributed by atoms with Crippen LogP contribution in [0.4, 0.5) is 0 Å². The summed E-state index contributed by atoms with van der Waals surface area (Å²) in [5.74, 6) is 0.763. The second-order valence-electron chi connectivity index (χ2n) is 6.94. The predicted octanol–water partition coefficient (Wildman–Crippen LogP) is 2.10. The Morgan fingerprint density at radius 1 is 1.47 bits per heavy atom. The van der Waals surface area contributed by atoms with Gasteiger partial charge in [0, 0.05) is 31.9 Å². The number of hydrogen-bond acceptors (Lipinski definition) is 3. The third kappa shape index (κ3) is 3.00. The lowest BCUT2D eigenvalue weighted by Gasteiger charge is -2.30. The van der Waals surface area contributed by atoms with Crippen LogP contribution in [0.3, 0.4) is 0 Å². The highest BCUT2D eigenvalue weighted by Gasteiger charge is 2.35. The molecular weight excluding hydrogens is 236 g/mol. The summed E-state index contributed by atoms with van der Waals surface area (Å²) < 4.78 is 1.89. The van der Waals surface area contributed by atoms with E-state index in [-0.39, 0.29) is 0 Å². The van der Waals surface area contributed by atoms with Crippen LogP contribution in [0, 0.1) is 18.3 Å². The lowest BCUT2D eigenvalue weighted by atomic mass is 9.80. The number of hydrogen-bond donors (Lipinski definition) is 1. The van der Waals surface area contributed by atoms with Crippen molar-refractivity contribution in [2.75, 3.05) is 19.6 Å². The van der Waals surface area contributed by atoms with Gasteiger partial charge in [-0.2, -0.15) is 5.10 Å². The van der Waals surface area contributed by atoms with Gasteiger partial charge in [0.05, 0.1) is 11.7 Å². The van der Waals surface area contributed by atoms with E-state index in [0.717, 1.165) is 24.7 Å². The van der Waals surface area contributed by atoms with E-state index in [2.05, 4.69) is 43.9 Å². The average molecular weight is 264 g/mol. The molecule has 2 rings (SSSR count). The SMILES string of the molecule is Cc1nn(C)cc1C(CN)N1CCC(C(C)(C)C)C1. The summed E-state index contributed by atoms with van der Waals surface area (Å²) in [6.45, 7) is 12.1. The molecule has 0 spiro atoms. The summed E-state index contributed by atoms with van der Waals surface area (Å²) in [4.78, 5) is 2.54. The van der Waals surface area contributed by atoms with Crippen molar-refractivity contribution in [3.63, 3.8) is 0 Å². The van der Waals surface area contributed by atoms with Gasteiger partial charge in [-0.15, -0.1) is 0 Å². The molecule has 0 aliphatic carbocycles. The van der Waals surface area contributed by atoms with Crippen LogP contribution in [-0.4, -0.2) is 34.3 Å². The molecule has 2 unspecified atom stereocenters. The average Bonchev–Trinajstić information content (AvgIpc) is 2.87. The molecule has 1 fully saturated rings. The highest BCUT2D eigenvalue weighted by molar-refractivity contribution is 5.21. The predicted molar refractivity (Wildman–Crippen MR) is 78.9 cm³/mol. The van der Waals surface area contributed by atoms with Crippen LogP contribution >= 0.6 is 0 Å². The van der Waals surface area contributed by atoms with Gasteiger partial charge in [0.2, 0.25) is 0 Å². The molecule has 1 aromatic rings. The maximum absolute atomic E-state index is 6.04. The van der Waals surface area contributed by atoms with Crippen LogP contribution in [0.25, 0.3) is 0 Å². The fourth-order valence-electron chi connectivity index (χ4n) is 3.20. The summed E-state index contributed by atoms with van der Waals surface area (Å²) in [6, 6.07) is 0.320. The molecule has 4 heteroatoms. The lowest BCUT2D eigenvalue weighted by molar-refractivity contribution is 0.197. The number of nitrogens with zero attached hydrogens (tertiary/aromatic N) is 3. The molecule has 0 saturated carbocycles. The Bertz CT molecular complexity index is 430. The Balaban J connectivity index is 2.14. The minimum absolute atomic E-state index is 0.320. The summed E-state index contributed by atoms with van der Waals surface area (Å²) >= 11 is 0. The van der Waals surface area contributed by atoms with Crippen molar-refractivity contribution < 1.29 is 0 Å². The number of aromatic nitrogens is 2.